The van der Waals surface area contributed by atoms with Crippen molar-refractivity contribution in [1.29, 1.82) is 10.8 Å². The molecule has 0 atom stereocenters. The molecular formula is C20H19FN4. The molecule has 25 heavy (non-hydrogen) atoms. The average molecular weight is 334 g/mol. The van der Waals surface area contributed by atoms with Gasteiger partial charge in [-0.2, -0.15) is 0 Å². The van der Waals surface area contributed by atoms with Gasteiger partial charge in [-0.1, -0.05) is 60.7 Å². The molecule has 0 saturated carbocycles. The molecular weight excluding hydrogens is 315 g/mol. The van der Waals surface area contributed by atoms with Gasteiger partial charge in [0.25, 0.3) is 0 Å². The fourth-order valence-electron chi connectivity index (χ4n) is 2.26. The van der Waals surface area contributed by atoms with Crippen LogP contribution in [0.15, 0.2) is 89.3 Å². The number of hydrogen-bond acceptors (Lipinski definition) is 4. The minimum absolute atomic E-state index is 0.0503. The summed E-state index contributed by atoms with van der Waals surface area (Å²) in [5, 5.41) is 15.2. The predicted molar refractivity (Wildman–Crippen MR) is 101 cm³/mol. The summed E-state index contributed by atoms with van der Waals surface area (Å²) in [5.74, 6) is -0.602. The average Bonchev–Trinajstić information content (AvgIpc) is 2.66. The van der Waals surface area contributed by atoms with E-state index in [-0.39, 0.29) is 17.1 Å². The van der Waals surface area contributed by atoms with E-state index in [2.05, 4.69) is 10.7 Å². The fourth-order valence-corrected chi connectivity index (χ4v) is 2.26. The van der Waals surface area contributed by atoms with Crippen molar-refractivity contribution in [2.45, 2.75) is 0 Å². The molecule has 0 aromatic heterocycles. The molecule has 1 aliphatic rings. The van der Waals surface area contributed by atoms with Crippen LogP contribution in [-0.4, -0.2) is 24.2 Å². The maximum absolute atomic E-state index is 14.1. The Labute approximate surface area is 146 Å². The Hall–Kier alpha value is -3.18. The van der Waals surface area contributed by atoms with Gasteiger partial charge in [0, 0.05) is 17.2 Å². The normalized spacial score (nSPS) is 13.2. The molecule has 0 bridgehead atoms. The lowest BCUT2D eigenvalue weighted by Gasteiger charge is -2.11. The van der Waals surface area contributed by atoms with Crippen molar-refractivity contribution >= 4 is 17.1 Å². The number of halogens is 1. The highest BCUT2D eigenvalue weighted by Crippen LogP contribution is 2.21. The van der Waals surface area contributed by atoms with Crippen molar-refractivity contribution in [3.05, 3.63) is 95.5 Å². The van der Waals surface area contributed by atoms with Crippen LogP contribution in [0, 0.1) is 10.8 Å². The molecule has 2 aromatic rings. The Bertz CT molecular complexity index is 808. The molecule has 3 rings (SSSR count). The molecule has 0 amide bonds. The van der Waals surface area contributed by atoms with E-state index in [9.17, 15) is 4.39 Å². The van der Waals surface area contributed by atoms with Gasteiger partial charge in [-0.05, 0) is 13.1 Å². The van der Waals surface area contributed by atoms with E-state index in [0.717, 1.165) is 17.2 Å². The van der Waals surface area contributed by atoms with Crippen molar-refractivity contribution < 1.29 is 4.39 Å². The second-order valence-corrected chi connectivity index (χ2v) is 5.04. The van der Waals surface area contributed by atoms with Crippen LogP contribution in [0.4, 0.5) is 4.39 Å². The number of nitrogens with zero attached hydrogens (tertiary/aromatic N) is 1. The van der Waals surface area contributed by atoms with Gasteiger partial charge in [-0.3, -0.25) is 10.8 Å². The highest BCUT2D eigenvalue weighted by atomic mass is 19.1. The quantitative estimate of drug-likeness (QED) is 0.577. The second kappa shape index (κ2) is 8.61. The minimum atomic E-state index is -0.602. The third-order valence-electron chi connectivity index (χ3n) is 3.41. The van der Waals surface area contributed by atoms with Crippen molar-refractivity contribution in [3.63, 3.8) is 0 Å². The maximum Gasteiger partial charge on any atom is 0.151 e. The molecule has 4 nitrogen and oxygen atoms in total. The summed E-state index contributed by atoms with van der Waals surface area (Å²) in [4.78, 5) is 4.44. The third kappa shape index (κ3) is 4.43. The summed E-state index contributed by atoms with van der Waals surface area (Å²) in [6, 6.07) is 19.0. The zero-order chi connectivity index (χ0) is 18.2. The first-order valence-electron chi connectivity index (χ1n) is 7.69. The van der Waals surface area contributed by atoms with Gasteiger partial charge in [0.05, 0.1) is 17.1 Å². The van der Waals surface area contributed by atoms with Gasteiger partial charge in [0.2, 0.25) is 0 Å². The number of aliphatic imine (C=N–C) groups is 1. The second-order valence-electron chi connectivity index (χ2n) is 5.04. The number of rotatable bonds is 3. The summed E-state index contributed by atoms with van der Waals surface area (Å²) in [6.07, 6.45) is 2.30. The summed E-state index contributed by atoms with van der Waals surface area (Å²) in [6.45, 7) is 0. The topological polar surface area (TPSA) is 86.1 Å². The molecule has 0 saturated heterocycles. The van der Waals surface area contributed by atoms with Gasteiger partial charge in [-0.25, -0.2) is 9.38 Å². The molecule has 0 fully saturated rings. The number of nitrogens with one attached hydrogen (secondary N) is 2. The molecule has 5 heteroatoms. The molecule has 1 aliphatic carbocycles. The van der Waals surface area contributed by atoms with Crippen molar-refractivity contribution in [1.82, 2.24) is 0 Å². The zero-order valence-corrected chi connectivity index (χ0v) is 13.8. The number of hydrogen-bond donors (Lipinski definition) is 3. The molecule has 4 N–H and O–H groups in total. The van der Waals surface area contributed by atoms with Gasteiger partial charge >= 0.3 is 0 Å². The van der Waals surface area contributed by atoms with Crippen LogP contribution in [-0.2, 0) is 0 Å². The summed E-state index contributed by atoms with van der Waals surface area (Å²) >= 11 is 0. The Kier molecular flexibility index (Phi) is 6.26. The van der Waals surface area contributed by atoms with Gasteiger partial charge in [0.15, 0.2) is 5.83 Å². The van der Waals surface area contributed by atoms with Gasteiger partial charge in [-0.15, -0.1) is 0 Å². The fraction of sp³-hybridized carbons (Fsp3) is 0.0500. The van der Waals surface area contributed by atoms with Crippen LogP contribution in [0.5, 0.6) is 0 Å². The van der Waals surface area contributed by atoms with E-state index in [1.807, 2.05) is 60.7 Å². The van der Waals surface area contributed by atoms with Crippen molar-refractivity contribution in [3.8, 4) is 0 Å². The lowest BCUT2D eigenvalue weighted by atomic mass is 10.0. The van der Waals surface area contributed by atoms with E-state index in [0.29, 0.717) is 5.71 Å². The van der Waals surface area contributed by atoms with E-state index in [4.69, 9.17) is 10.8 Å². The van der Waals surface area contributed by atoms with Crippen molar-refractivity contribution in [2.75, 3.05) is 7.05 Å². The third-order valence-corrected chi connectivity index (χ3v) is 3.41. The van der Waals surface area contributed by atoms with Crippen LogP contribution < -0.4 is 5.73 Å². The first-order chi connectivity index (χ1) is 12.1. The minimum Gasteiger partial charge on any atom is -0.333 e. The summed E-state index contributed by atoms with van der Waals surface area (Å²) < 4.78 is 14.1. The lowest BCUT2D eigenvalue weighted by Crippen LogP contribution is -2.13. The Morgan fingerprint density at radius 3 is 1.72 bits per heavy atom. The SMILES string of the molecule is CN.N=C1C=C(F)C(N=C(c2ccccc2)c2ccccc2)=CC1=N. The maximum atomic E-state index is 14.1. The van der Waals surface area contributed by atoms with Crippen LogP contribution >= 0.6 is 0 Å². The standard InChI is InChI=1S/C19H14FN3.CH5N/c20-15-11-16(21)17(22)12-18(15)23-19(13-7-3-1-4-8-13)14-9-5-2-6-10-14;1-2/h1-12,21-22H;2H2,1H3. The van der Waals surface area contributed by atoms with E-state index in [1.165, 1.54) is 13.1 Å². The molecule has 0 spiro atoms. The largest absolute Gasteiger partial charge is 0.333 e. The van der Waals surface area contributed by atoms with Gasteiger partial charge in [0.1, 0.15) is 5.70 Å². The van der Waals surface area contributed by atoms with E-state index >= 15 is 0 Å². The highest BCUT2D eigenvalue weighted by molar-refractivity contribution is 6.49. The summed E-state index contributed by atoms with van der Waals surface area (Å²) in [5.41, 5.74) is 6.71. The molecule has 126 valence electrons. The Morgan fingerprint density at radius 1 is 0.800 bits per heavy atom. The first kappa shape index (κ1) is 18.2. The smallest absolute Gasteiger partial charge is 0.151 e. The number of benzene rings is 2. The zero-order valence-electron chi connectivity index (χ0n) is 13.8. The molecule has 2 aromatic carbocycles. The Morgan fingerprint density at radius 2 is 1.24 bits per heavy atom. The van der Waals surface area contributed by atoms with Gasteiger partial charge < -0.3 is 5.73 Å². The number of nitrogens with two attached hydrogens (primary N) is 1. The Balaban J connectivity index is 0.00000109. The van der Waals surface area contributed by atoms with Crippen LogP contribution in [0.2, 0.25) is 0 Å². The van der Waals surface area contributed by atoms with Crippen LogP contribution in [0.1, 0.15) is 11.1 Å². The molecule has 0 unspecified atom stereocenters. The predicted octanol–water partition coefficient (Wildman–Crippen LogP) is 3.89. The first-order valence-corrected chi connectivity index (χ1v) is 7.69. The van der Waals surface area contributed by atoms with Crippen LogP contribution in [0.3, 0.4) is 0 Å². The molecule has 0 heterocycles. The monoisotopic (exact) mass is 334 g/mol. The van der Waals surface area contributed by atoms with Crippen LogP contribution in [0.25, 0.3) is 0 Å². The summed E-state index contributed by atoms with van der Waals surface area (Å²) in [7, 11) is 1.50. The lowest BCUT2D eigenvalue weighted by molar-refractivity contribution is 0.650. The van der Waals surface area contributed by atoms with Crippen molar-refractivity contribution in [2.24, 2.45) is 10.7 Å². The van der Waals surface area contributed by atoms with E-state index < -0.39 is 5.83 Å². The molecule has 0 radical (unpaired) electrons. The molecule has 0 aliphatic heterocycles. The number of allylic oxidation sites excluding steroid dienone is 3. The highest BCUT2D eigenvalue weighted by Gasteiger charge is 2.16. The van der Waals surface area contributed by atoms with E-state index in [1.54, 1.807) is 0 Å².